The van der Waals surface area contributed by atoms with Gasteiger partial charge in [-0.1, -0.05) is 6.07 Å². The number of nitrogens with one attached hydrogen (secondary N) is 1. The summed E-state index contributed by atoms with van der Waals surface area (Å²) in [5, 5.41) is 16.1. The number of H-pyrrole nitrogens is 1. The normalized spacial score (nSPS) is 13.6. The number of nitrogens with zero attached hydrogens (tertiary/aromatic N) is 5. The van der Waals surface area contributed by atoms with Crippen molar-refractivity contribution in [3.8, 4) is 34.4 Å². The minimum Gasteiger partial charge on any atom is -0.496 e. The highest BCUT2D eigenvalue weighted by molar-refractivity contribution is 6.00. The van der Waals surface area contributed by atoms with Gasteiger partial charge in [-0.25, -0.2) is 4.98 Å². The van der Waals surface area contributed by atoms with Gasteiger partial charge in [-0.3, -0.25) is 14.5 Å². The van der Waals surface area contributed by atoms with Crippen molar-refractivity contribution in [3.63, 3.8) is 0 Å². The van der Waals surface area contributed by atoms with Gasteiger partial charge in [-0.2, -0.15) is 10.4 Å². The van der Waals surface area contributed by atoms with Crippen molar-refractivity contribution in [2.75, 3.05) is 27.3 Å². The van der Waals surface area contributed by atoms with Crippen molar-refractivity contribution in [3.05, 3.63) is 54.1 Å². The molecule has 1 aliphatic heterocycles. The van der Waals surface area contributed by atoms with E-state index in [4.69, 9.17) is 14.7 Å². The summed E-state index contributed by atoms with van der Waals surface area (Å²) in [7, 11) is 3.05. The number of imidazole rings is 1. The highest BCUT2D eigenvalue weighted by Gasteiger charge is 2.34. The van der Waals surface area contributed by atoms with Gasteiger partial charge in [-0.05, 0) is 24.6 Å². The number of likely N-dealkylation sites (tertiary alicyclic amines) is 1. The molecule has 3 heterocycles. The first-order valence-corrected chi connectivity index (χ1v) is 10.5. The molecule has 1 N–H and O–H groups in total. The lowest BCUT2D eigenvalue weighted by molar-refractivity contribution is 0.0570. The van der Waals surface area contributed by atoms with Crippen LogP contribution in [0.25, 0.3) is 27.8 Å². The van der Waals surface area contributed by atoms with Crippen LogP contribution in [0.2, 0.25) is 0 Å². The second-order valence-electron chi connectivity index (χ2n) is 7.96. The molecule has 1 fully saturated rings. The fraction of sp³-hybridized carbons (Fsp3) is 0.250. The second kappa shape index (κ2) is 7.98. The molecule has 1 aliphatic rings. The molecule has 1 saturated heterocycles. The molecular formula is C24H22N6O3. The molecule has 4 aromatic rings. The molecule has 33 heavy (non-hydrogen) atoms. The van der Waals surface area contributed by atoms with E-state index in [9.17, 15) is 4.79 Å². The number of ether oxygens (including phenoxy) is 2. The van der Waals surface area contributed by atoms with Crippen LogP contribution in [0.15, 0.2) is 42.9 Å². The highest BCUT2D eigenvalue weighted by atomic mass is 16.5. The monoisotopic (exact) mass is 442 g/mol. The van der Waals surface area contributed by atoms with Gasteiger partial charge in [0, 0.05) is 37.0 Å². The zero-order chi connectivity index (χ0) is 23.1. The smallest absolute Gasteiger partial charge is 0.261 e. The fourth-order valence-electron chi connectivity index (χ4n) is 4.17. The van der Waals surface area contributed by atoms with E-state index in [1.54, 1.807) is 23.4 Å². The maximum atomic E-state index is 13.1. The Balaban J connectivity index is 1.55. The van der Waals surface area contributed by atoms with E-state index in [1.807, 2.05) is 35.9 Å². The van der Waals surface area contributed by atoms with Gasteiger partial charge in [0.05, 0.1) is 48.6 Å². The molecule has 2 aromatic carbocycles. The van der Waals surface area contributed by atoms with E-state index >= 15 is 0 Å². The Morgan fingerprint density at radius 2 is 1.91 bits per heavy atom. The summed E-state index contributed by atoms with van der Waals surface area (Å²) in [6.45, 7) is 2.78. The van der Waals surface area contributed by atoms with Crippen LogP contribution in [0.5, 0.6) is 11.5 Å². The Labute approximate surface area is 190 Å². The summed E-state index contributed by atoms with van der Waals surface area (Å²) in [6, 6.07) is 11.8. The van der Waals surface area contributed by atoms with Crippen LogP contribution in [-0.4, -0.2) is 57.9 Å². The summed E-state index contributed by atoms with van der Waals surface area (Å²) in [6.07, 6.45) is 3.61. The van der Waals surface area contributed by atoms with E-state index in [2.05, 4.69) is 21.3 Å². The molecule has 9 heteroatoms. The molecule has 0 atom stereocenters. The van der Waals surface area contributed by atoms with Crippen LogP contribution >= 0.6 is 0 Å². The van der Waals surface area contributed by atoms with Gasteiger partial charge in [0.1, 0.15) is 23.4 Å². The lowest BCUT2D eigenvalue weighted by Gasteiger charge is -2.35. The fourth-order valence-corrected chi connectivity index (χ4v) is 4.17. The number of benzene rings is 2. The molecule has 1 amide bonds. The number of hydrogen-bond acceptors (Lipinski definition) is 6. The second-order valence-corrected chi connectivity index (χ2v) is 7.96. The summed E-state index contributed by atoms with van der Waals surface area (Å²) in [5.74, 6) is 0.472. The van der Waals surface area contributed by atoms with Crippen molar-refractivity contribution in [1.82, 2.24) is 24.6 Å². The van der Waals surface area contributed by atoms with Gasteiger partial charge in [-0.15, -0.1) is 0 Å². The van der Waals surface area contributed by atoms with Crippen molar-refractivity contribution < 1.29 is 14.3 Å². The SMILES string of the molecule is COc1cc(-n2cnc3cc(-c4c[nH]nc4C)ccc32)cc(OC)c1C(=O)N1CC(C#N)C1. The number of amides is 1. The van der Waals surface area contributed by atoms with Gasteiger partial charge in [0.15, 0.2) is 0 Å². The number of aryl methyl sites for hydroxylation is 1. The number of carbonyl (C=O) groups excluding carboxylic acids is 1. The third-order valence-corrected chi connectivity index (χ3v) is 6.02. The number of aromatic nitrogens is 4. The quantitative estimate of drug-likeness (QED) is 0.508. The van der Waals surface area contributed by atoms with E-state index in [0.717, 1.165) is 33.5 Å². The number of methoxy groups -OCH3 is 2. The molecule has 0 unspecified atom stereocenters. The van der Waals surface area contributed by atoms with E-state index < -0.39 is 0 Å². The summed E-state index contributed by atoms with van der Waals surface area (Å²) < 4.78 is 13.1. The van der Waals surface area contributed by atoms with Crippen molar-refractivity contribution >= 4 is 16.9 Å². The third-order valence-electron chi connectivity index (χ3n) is 6.02. The Kier molecular flexibility index (Phi) is 4.98. The molecule has 9 nitrogen and oxygen atoms in total. The largest absolute Gasteiger partial charge is 0.496 e. The molecule has 0 aliphatic carbocycles. The van der Waals surface area contributed by atoms with Crippen LogP contribution in [0.4, 0.5) is 0 Å². The number of carbonyl (C=O) groups is 1. The van der Waals surface area contributed by atoms with Gasteiger partial charge >= 0.3 is 0 Å². The predicted molar refractivity (Wildman–Crippen MR) is 121 cm³/mol. The standard InChI is InChI=1S/C24H22N6O3/c1-14-18(10-27-28-14)16-4-5-20-19(6-16)26-13-30(20)17-7-21(32-2)23(22(8-17)33-3)24(31)29-11-15(9-25)12-29/h4-8,10,13,15H,11-12H2,1-3H3,(H,27,28). The highest BCUT2D eigenvalue weighted by Crippen LogP contribution is 2.36. The van der Waals surface area contributed by atoms with E-state index in [1.165, 1.54) is 14.2 Å². The van der Waals surface area contributed by atoms with Gasteiger partial charge in [0.25, 0.3) is 5.91 Å². The summed E-state index contributed by atoms with van der Waals surface area (Å²) in [4.78, 5) is 19.3. The number of aromatic amines is 1. The number of rotatable bonds is 5. The lowest BCUT2D eigenvalue weighted by Crippen LogP contribution is -2.49. The molecule has 0 radical (unpaired) electrons. The molecule has 5 rings (SSSR count). The number of fused-ring (bicyclic) bond motifs is 1. The minimum absolute atomic E-state index is 0.127. The van der Waals surface area contributed by atoms with Crippen molar-refractivity contribution in [2.24, 2.45) is 5.92 Å². The van der Waals surface area contributed by atoms with E-state index in [-0.39, 0.29) is 11.8 Å². The Morgan fingerprint density at radius 1 is 1.18 bits per heavy atom. The Hall–Kier alpha value is -4.32. The Morgan fingerprint density at radius 3 is 2.52 bits per heavy atom. The first-order valence-electron chi connectivity index (χ1n) is 10.5. The zero-order valence-corrected chi connectivity index (χ0v) is 18.5. The summed E-state index contributed by atoms with van der Waals surface area (Å²) in [5.41, 5.74) is 5.82. The molecular weight excluding hydrogens is 420 g/mol. The zero-order valence-electron chi connectivity index (χ0n) is 18.5. The lowest BCUT2D eigenvalue weighted by atomic mass is 10.00. The predicted octanol–water partition coefficient (Wildman–Crippen LogP) is 3.34. The molecule has 166 valence electrons. The van der Waals surface area contributed by atoms with Crippen LogP contribution in [0.1, 0.15) is 16.1 Å². The molecule has 0 saturated carbocycles. The average molecular weight is 442 g/mol. The third kappa shape index (κ3) is 3.36. The first kappa shape index (κ1) is 20.6. The van der Waals surface area contributed by atoms with Crippen LogP contribution in [0.3, 0.4) is 0 Å². The maximum absolute atomic E-state index is 13.1. The van der Waals surface area contributed by atoms with Crippen LogP contribution in [0, 0.1) is 24.2 Å². The van der Waals surface area contributed by atoms with Crippen LogP contribution < -0.4 is 9.47 Å². The minimum atomic E-state index is -0.211. The summed E-state index contributed by atoms with van der Waals surface area (Å²) >= 11 is 0. The van der Waals surface area contributed by atoms with Crippen molar-refractivity contribution in [1.29, 1.82) is 5.26 Å². The van der Waals surface area contributed by atoms with Crippen molar-refractivity contribution in [2.45, 2.75) is 6.92 Å². The number of hydrogen-bond donors (Lipinski definition) is 1. The first-order chi connectivity index (χ1) is 16.0. The molecule has 0 bridgehead atoms. The van der Waals surface area contributed by atoms with Gasteiger partial charge in [0.2, 0.25) is 0 Å². The maximum Gasteiger partial charge on any atom is 0.261 e. The van der Waals surface area contributed by atoms with E-state index in [0.29, 0.717) is 30.2 Å². The number of nitriles is 1. The molecule has 0 spiro atoms. The topological polar surface area (TPSA) is 109 Å². The Bertz CT molecular complexity index is 1380. The molecule has 2 aromatic heterocycles. The van der Waals surface area contributed by atoms with Gasteiger partial charge < -0.3 is 14.4 Å². The average Bonchev–Trinajstić information content (AvgIpc) is 3.42. The van der Waals surface area contributed by atoms with Crippen LogP contribution in [-0.2, 0) is 0 Å².